The van der Waals surface area contributed by atoms with Crippen LogP contribution in [0.4, 0.5) is 0 Å². The van der Waals surface area contributed by atoms with Crippen LogP contribution in [-0.2, 0) is 4.79 Å². The van der Waals surface area contributed by atoms with Gasteiger partial charge in [-0.05, 0) is 19.8 Å². The molecule has 1 fully saturated rings. The maximum absolute atomic E-state index is 11.9. The summed E-state index contributed by atoms with van der Waals surface area (Å²) < 4.78 is 0. The summed E-state index contributed by atoms with van der Waals surface area (Å²) in [6, 6.07) is 2.25. The van der Waals surface area contributed by atoms with Crippen molar-refractivity contribution in [1.29, 1.82) is 5.26 Å². The first-order valence-electron chi connectivity index (χ1n) is 5.70. The minimum atomic E-state index is 0.0314. The molecule has 0 atom stereocenters. The zero-order valence-electron chi connectivity index (χ0n) is 10.5. The van der Waals surface area contributed by atoms with E-state index in [9.17, 15) is 4.79 Å². The van der Waals surface area contributed by atoms with Crippen LogP contribution in [0.25, 0.3) is 0 Å². The first-order chi connectivity index (χ1) is 8.22. The van der Waals surface area contributed by atoms with Gasteiger partial charge in [-0.2, -0.15) is 5.26 Å². The van der Waals surface area contributed by atoms with Crippen LogP contribution in [0.5, 0.6) is 0 Å². The van der Waals surface area contributed by atoms with E-state index >= 15 is 0 Å². The van der Waals surface area contributed by atoms with Crippen molar-refractivity contribution >= 4 is 5.91 Å². The third-order valence-corrected chi connectivity index (χ3v) is 2.74. The van der Waals surface area contributed by atoms with Crippen molar-refractivity contribution in [3.8, 4) is 6.07 Å². The van der Waals surface area contributed by atoms with Crippen molar-refractivity contribution in [2.45, 2.75) is 19.8 Å². The van der Waals surface area contributed by atoms with Gasteiger partial charge in [0.1, 0.15) is 0 Å². The summed E-state index contributed by atoms with van der Waals surface area (Å²) in [7, 11) is 0. The van der Waals surface area contributed by atoms with E-state index in [2.05, 4.69) is 25.8 Å². The molecule has 1 aliphatic rings. The fourth-order valence-corrected chi connectivity index (χ4v) is 1.72. The van der Waals surface area contributed by atoms with E-state index in [1.54, 1.807) is 17.1 Å². The maximum Gasteiger partial charge on any atom is 0.253 e. The quantitative estimate of drug-likeness (QED) is 0.417. The molecule has 0 N–H and O–H groups in total. The van der Waals surface area contributed by atoms with Crippen LogP contribution in [0, 0.1) is 17.2 Å². The number of carbonyl (C=O) groups excluding carboxylic acids is 1. The number of rotatable bonds is 2. The maximum atomic E-state index is 11.9. The first kappa shape index (κ1) is 15.2. The Balaban J connectivity index is 0.00000121. The Morgan fingerprint density at radius 2 is 1.94 bits per heavy atom. The smallest absolute Gasteiger partial charge is 0.253 e. The number of allylic oxidation sites excluding steroid dienone is 1. The summed E-state index contributed by atoms with van der Waals surface area (Å²) in [5, 5.41) is 8.74. The second-order valence-electron chi connectivity index (χ2n) is 3.64. The molecule has 0 aromatic carbocycles. The lowest BCUT2D eigenvalue weighted by Crippen LogP contribution is -2.38. The molecule has 92 valence electrons. The van der Waals surface area contributed by atoms with Crippen molar-refractivity contribution in [3.05, 3.63) is 37.5 Å². The second kappa shape index (κ2) is 8.35. The minimum Gasteiger partial charge on any atom is -0.339 e. The van der Waals surface area contributed by atoms with E-state index in [1.165, 1.54) is 0 Å². The van der Waals surface area contributed by atoms with Gasteiger partial charge in [0.15, 0.2) is 0 Å². The van der Waals surface area contributed by atoms with Gasteiger partial charge < -0.3 is 4.90 Å². The SMILES string of the molecule is C=C.C=C/C(=C\C)C(=O)N1CCC(C#N)CC1. The Kier molecular flexibility index (Phi) is 7.45. The molecule has 3 heteroatoms. The molecule has 0 aromatic rings. The van der Waals surface area contributed by atoms with Crippen LogP contribution in [0.1, 0.15) is 19.8 Å². The van der Waals surface area contributed by atoms with Crippen molar-refractivity contribution in [2.24, 2.45) is 5.92 Å². The number of piperidine rings is 1. The minimum absolute atomic E-state index is 0.0314. The van der Waals surface area contributed by atoms with Crippen molar-refractivity contribution < 1.29 is 4.79 Å². The molecule has 1 saturated heterocycles. The molecule has 0 spiro atoms. The van der Waals surface area contributed by atoms with Gasteiger partial charge in [-0.1, -0.05) is 18.7 Å². The molecular formula is C14H20N2O. The largest absolute Gasteiger partial charge is 0.339 e. The van der Waals surface area contributed by atoms with E-state index in [1.807, 2.05) is 6.92 Å². The highest BCUT2D eigenvalue weighted by Gasteiger charge is 2.23. The van der Waals surface area contributed by atoms with Crippen LogP contribution < -0.4 is 0 Å². The van der Waals surface area contributed by atoms with Gasteiger partial charge >= 0.3 is 0 Å². The van der Waals surface area contributed by atoms with E-state index in [-0.39, 0.29) is 11.8 Å². The number of likely N-dealkylation sites (tertiary alicyclic amines) is 1. The fraction of sp³-hybridized carbons (Fsp3) is 0.429. The van der Waals surface area contributed by atoms with Gasteiger partial charge in [0.05, 0.1) is 6.07 Å². The zero-order chi connectivity index (χ0) is 13.3. The monoisotopic (exact) mass is 232 g/mol. The summed E-state index contributed by atoms with van der Waals surface area (Å²) >= 11 is 0. The molecule has 17 heavy (non-hydrogen) atoms. The summed E-state index contributed by atoms with van der Waals surface area (Å²) in [5.74, 6) is 0.149. The highest BCUT2D eigenvalue weighted by molar-refractivity contribution is 5.96. The standard InChI is InChI=1S/C12H16N2O.C2H4/c1-3-11(4-2)12(15)14-7-5-10(9-13)6-8-14;1-2/h3-4,10H,1,5-8H2,2H3;1-2H2/b11-4+;. The number of hydrogen-bond donors (Lipinski definition) is 0. The van der Waals surface area contributed by atoms with Gasteiger partial charge in [0, 0.05) is 24.6 Å². The highest BCUT2D eigenvalue weighted by atomic mass is 16.2. The lowest BCUT2D eigenvalue weighted by atomic mass is 9.98. The molecule has 1 aliphatic heterocycles. The Labute approximate surface area is 104 Å². The second-order valence-corrected chi connectivity index (χ2v) is 3.64. The van der Waals surface area contributed by atoms with E-state index in [4.69, 9.17) is 5.26 Å². The predicted octanol–water partition coefficient (Wildman–Crippen LogP) is 2.68. The van der Waals surface area contributed by atoms with Crippen molar-refractivity contribution in [2.75, 3.05) is 13.1 Å². The highest BCUT2D eigenvalue weighted by Crippen LogP contribution is 2.17. The molecular weight excluding hydrogens is 212 g/mol. The van der Waals surface area contributed by atoms with Crippen LogP contribution in [0.3, 0.4) is 0 Å². The molecule has 1 rings (SSSR count). The molecule has 3 nitrogen and oxygen atoms in total. The lowest BCUT2D eigenvalue weighted by molar-refractivity contribution is -0.127. The summed E-state index contributed by atoms with van der Waals surface area (Å²) in [6.07, 6.45) is 4.93. The van der Waals surface area contributed by atoms with Gasteiger partial charge in [-0.25, -0.2) is 0 Å². The van der Waals surface area contributed by atoms with Crippen molar-refractivity contribution in [1.82, 2.24) is 4.90 Å². The van der Waals surface area contributed by atoms with Crippen LogP contribution in [0.15, 0.2) is 37.5 Å². The summed E-state index contributed by atoms with van der Waals surface area (Å²) in [4.78, 5) is 13.7. The number of amides is 1. The van der Waals surface area contributed by atoms with E-state index in [0.717, 1.165) is 12.8 Å². The summed E-state index contributed by atoms with van der Waals surface area (Å²) in [5.41, 5.74) is 0.644. The number of hydrogen-bond acceptors (Lipinski definition) is 2. The fourth-order valence-electron chi connectivity index (χ4n) is 1.72. The normalized spacial score (nSPS) is 16.5. The average molecular weight is 232 g/mol. The van der Waals surface area contributed by atoms with Crippen LogP contribution in [0.2, 0.25) is 0 Å². The average Bonchev–Trinajstić information content (AvgIpc) is 2.42. The van der Waals surface area contributed by atoms with Gasteiger partial charge in [0.25, 0.3) is 5.91 Å². The predicted molar refractivity (Wildman–Crippen MR) is 70.1 cm³/mol. The Morgan fingerprint density at radius 1 is 1.41 bits per heavy atom. The number of nitriles is 1. The molecule has 0 unspecified atom stereocenters. The molecule has 0 bridgehead atoms. The number of carbonyl (C=O) groups is 1. The molecule has 0 aliphatic carbocycles. The van der Waals surface area contributed by atoms with Gasteiger partial charge in [-0.3, -0.25) is 4.79 Å². The topological polar surface area (TPSA) is 44.1 Å². The van der Waals surface area contributed by atoms with Crippen LogP contribution in [-0.4, -0.2) is 23.9 Å². The first-order valence-corrected chi connectivity index (χ1v) is 5.70. The van der Waals surface area contributed by atoms with E-state index < -0.39 is 0 Å². The Morgan fingerprint density at radius 3 is 2.29 bits per heavy atom. The zero-order valence-corrected chi connectivity index (χ0v) is 10.5. The number of nitrogens with zero attached hydrogens (tertiary/aromatic N) is 2. The lowest BCUT2D eigenvalue weighted by Gasteiger charge is -2.29. The summed E-state index contributed by atoms with van der Waals surface area (Å²) in [6.45, 7) is 12.8. The molecule has 1 heterocycles. The van der Waals surface area contributed by atoms with E-state index in [0.29, 0.717) is 18.7 Å². The van der Waals surface area contributed by atoms with Crippen LogP contribution >= 0.6 is 0 Å². The Hall–Kier alpha value is -1.82. The Bertz CT molecular complexity index is 331. The molecule has 0 radical (unpaired) electrons. The molecule has 1 amide bonds. The molecule has 0 saturated carbocycles. The third kappa shape index (κ3) is 4.28. The molecule has 0 aromatic heterocycles. The van der Waals surface area contributed by atoms with Crippen molar-refractivity contribution in [3.63, 3.8) is 0 Å². The third-order valence-electron chi connectivity index (χ3n) is 2.74. The van der Waals surface area contributed by atoms with Gasteiger partial charge in [-0.15, -0.1) is 13.2 Å². The van der Waals surface area contributed by atoms with Gasteiger partial charge in [0.2, 0.25) is 0 Å².